The fraction of sp³-hybridized carbons (Fsp3) is 0.500. The van der Waals surface area contributed by atoms with Crippen LogP contribution < -0.4 is 5.32 Å². The van der Waals surface area contributed by atoms with Gasteiger partial charge in [-0.3, -0.25) is 4.90 Å². The summed E-state index contributed by atoms with van der Waals surface area (Å²) in [7, 11) is 0. The summed E-state index contributed by atoms with van der Waals surface area (Å²) >= 11 is 0. The third kappa shape index (κ3) is 4.54. The molecular weight excluding hydrogens is 284 g/mol. The van der Waals surface area contributed by atoms with Gasteiger partial charge in [-0.25, -0.2) is 0 Å². The Kier molecular flexibility index (Phi) is 6.03. The van der Waals surface area contributed by atoms with E-state index in [1.54, 1.807) is 0 Å². The highest BCUT2D eigenvalue weighted by atomic mass is 16.3. The van der Waals surface area contributed by atoms with E-state index in [1.807, 2.05) is 0 Å². The van der Waals surface area contributed by atoms with E-state index in [0.717, 1.165) is 32.6 Å². The minimum atomic E-state index is 0.320. The van der Waals surface area contributed by atoms with Crippen molar-refractivity contribution in [1.29, 1.82) is 0 Å². The molecule has 1 aliphatic heterocycles. The van der Waals surface area contributed by atoms with Crippen LogP contribution in [-0.2, 0) is 6.54 Å². The van der Waals surface area contributed by atoms with Gasteiger partial charge in [0.2, 0.25) is 0 Å². The Labute approximate surface area is 139 Å². The van der Waals surface area contributed by atoms with Crippen LogP contribution >= 0.6 is 0 Å². The number of likely N-dealkylation sites (tertiary alicyclic amines) is 1. The molecule has 0 amide bonds. The first kappa shape index (κ1) is 16.4. The molecule has 23 heavy (non-hydrogen) atoms. The van der Waals surface area contributed by atoms with Crippen molar-refractivity contribution in [3.05, 3.63) is 48.0 Å². The number of hydrogen-bond donors (Lipinski definition) is 2. The first-order valence-electron chi connectivity index (χ1n) is 8.90. The average Bonchev–Trinajstić information content (AvgIpc) is 3.05. The smallest absolute Gasteiger partial charge is 0.0586 e. The fourth-order valence-corrected chi connectivity index (χ4v) is 3.54. The third-order valence-corrected chi connectivity index (χ3v) is 4.90. The molecule has 3 nitrogen and oxygen atoms in total. The van der Waals surface area contributed by atoms with Crippen LogP contribution in [0.3, 0.4) is 0 Å². The Morgan fingerprint density at radius 1 is 1.09 bits per heavy atom. The molecule has 1 saturated heterocycles. The topological polar surface area (TPSA) is 35.5 Å². The number of hydrogen-bond acceptors (Lipinski definition) is 3. The van der Waals surface area contributed by atoms with Crippen LogP contribution in [0.5, 0.6) is 0 Å². The second-order valence-electron chi connectivity index (χ2n) is 6.58. The van der Waals surface area contributed by atoms with Crippen molar-refractivity contribution < 1.29 is 5.11 Å². The normalized spacial score (nSPS) is 18.7. The second kappa shape index (κ2) is 8.44. The molecule has 0 radical (unpaired) electrons. The zero-order chi connectivity index (χ0) is 15.9. The van der Waals surface area contributed by atoms with Gasteiger partial charge in [-0.15, -0.1) is 0 Å². The van der Waals surface area contributed by atoms with E-state index in [0.29, 0.717) is 12.6 Å². The summed E-state index contributed by atoms with van der Waals surface area (Å²) < 4.78 is 0. The Morgan fingerprint density at radius 2 is 1.96 bits per heavy atom. The molecule has 1 atom stereocenters. The predicted octanol–water partition coefficient (Wildman–Crippen LogP) is 3.17. The molecule has 1 fully saturated rings. The number of aliphatic hydroxyl groups excluding tert-OH is 1. The lowest BCUT2D eigenvalue weighted by molar-refractivity contribution is 0.157. The van der Waals surface area contributed by atoms with Gasteiger partial charge in [0.15, 0.2) is 0 Å². The van der Waals surface area contributed by atoms with E-state index in [4.69, 9.17) is 0 Å². The fourth-order valence-electron chi connectivity index (χ4n) is 3.54. The van der Waals surface area contributed by atoms with Crippen molar-refractivity contribution >= 4 is 10.8 Å². The predicted molar refractivity (Wildman–Crippen MR) is 96.6 cm³/mol. The van der Waals surface area contributed by atoms with Gasteiger partial charge in [-0.2, -0.15) is 0 Å². The molecule has 3 rings (SSSR count). The molecule has 0 aliphatic carbocycles. The molecule has 0 spiro atoms. The van der Waals surface area contributed by atoms with E-state index in [2.05, 4.69) is 52.7 Å². The summed E-state index contributed by atoms with van der Waals surface area (Å²) in [5, 5.41) is 15.5. The van der Waals surface area contributed by atoms with Crippen LogP contribution in [0.25, 0.3) is 10.8 Å². The molecule has 2 aromatic carbocycles. The lowest BCUT2D eigenvalue weighted by Crippen LogP contribution is -2.33. The van der Waals surface area contributed by atoms with Crippen LogP contribution in [0, 0.1) is 0 Å². The highest BCUT2D eigenvalue weighted by Gasteiger charge is 2.22. The summed E-state index contributed by atoms with van der Waals surface area (Å²) in [5.41, 5.74) is 1.35. The van der Waals surface area contributed by atoms with Crippen LogP contribution in [-0.4, -0.2) is 42.3 Å². The Hall–Kier alpha value is -1.42. The maximum absolute atomic E-state index is 9.32. The van der Waals surface area contributed by atoms with Gasteiger partial charge in [0.1, 0.15) is 0 Å². The van der Waals surface area contributed by atoms with Gasteiger partial charge in [0.25, 0.3) is 0 Å². The first-order valence-corrected chi connectivity index (χ1v) is 8.90. The Bertz CT molecular complexity index is 613. The highest BCUT2D eigenvalue weighted by Crippen LogP contribution is 2.17. The third-order valence-electron chi connectivity index (χ3n) is 4.90. The Morgan fingerprint density at radius 3 is 2.83 bits per heavy atom. The van der Waals surface area contributed by atoms with Crippen LogP contribution in [0.2, 0.25) is 0 Å². The van der Waals surface area contributed by atoms with Gasteiger partial charge in [-0.1, -0.05) is 36.4 Å². The number of nitrogens with zero attached hydrogens (tertiary/aromatic N) is 1. The number of nitrogens with one attached hydrogen (secondary N) is 1. The molecule has 1 unspecified atom stereocenters. The second-order valence-corrected chi connectivity index (χ2v) is 6.58. The van der Waals surface area contributed by atoms with E-state index < -0.39 is 0 Å². The molecule has 0 saturated carbocycles. The number of aliphatic hydroxyl groups is 1. The van der Waals surface area contributed by atoms with E-state index in [-0.39, 0.29) is 0 Å². The standard InChI is InChI=1S/C20H28N2O/c23-16-20-8-5-13-22(20)12-4-3-11-21-15-17-9-10-18-6-1-2-7-19(18)14-17/h1-2,6-7,9-10,14,20-21,23H,3-5,8,11-13,15-16H2. The molecule has 1 heterocycles. The maximum atomic E-state index is 9.32. The first-order chi connectivity index (χ1) is 11.4. The summed E-state index contributed by atoms with van der Waals surface area (Å²) in [5.74, 6) is 0. The van der Waals surface area contributed by atoms with Gasteiger partial charge in [-0.05, 0) is 67.7 Å². The van der Waals surface area contributed by atoms with Crippen molar-refractivity contribution in [3.63, 3.8) is 0 Å². The molecule has 1 aliphatic rings. The highest BCUT2D eigenvalue weighted by molar-refractivity contribution is 5.82. The van der Waals surface area contributed by atoms with E-state index in [9.17, 15) is 5.11 Å². The van der Waals surface area contributed by atoms with Crippen LogP contribution in [0.1, 0.15) is 31.2 Å². The minimum absolute atomic E-state index is 0.320. The van der Waals surface area contributed by atoms with E-state index >= 15 is 0 Å². The Balaban J connectivity index is 1.34. The van der Waals surface area contributed by atoms with Crippen molar-refractivity contribution in [2.45, 2.75) is 38.3 Å². The molecule has 3 heteroatoms. The summed E-state index contributed by atoms with van der Waals surface area (Å²) in [6.45, 7) is 4.61. The molecule has 124 valence electrons. The molecule has 2 aromatic rings. The SMILES string of the molecule is OCC1CCCN1CCCCNCc1ccc2ccccc2c1. The maximum Gasteiger partial charge on any atom is 0.0586 e. The molecule has 0 aromatic heterocycles. The van der Waals surface area contributed by atoms with Crippen LogP contribution in [0.15, 0.2) is 42.5 Å². The molecule has 2 N–H and O–H groups in total. The molecular formula is C20H28N2O. The van der Waals surface area contributed by atoms with Crippen molar-refractivity contribution in [1.82, 2.24) is 10.2 Å². The average molecular weight is 312 g/mol. The number of rotatable bonds is 8. The zero-order valence-corrected chi connectivity index (χ0v) is 13.9. The lowest BCUT2D eigenvalue weighted by atomic mass is 10.1. The summed E-state index contributed by atoms with van der Waals surface area (Å²) in [6.07, 6.45) is 4.81. The quantitative estimate of drug-likeness (QED) is 0.735. The van der Waals surface area contributed by atoms with Crippen molar-refractivity contribution in [2.75, 3.05) is 26.2 Å². The molecule has 0 bridgehead atoms. The van der Waals surface area contributed by atoms with Crippen molar-refractivity contribution in [2.24, 2.45) is 0 Å². The number of fused-ring (bicyclic) bond motifs is 1. The summed E-state index contributed by atoms with van der Waals surface area (Å²) in [6, 6.07) is 15.6. The number of unbranched alkanes of at least 4 members (excludes halogenated alkanes) is 1. The van der Waals surface area contributed by atoms with Gasteiger partial charge in [0, 0.05) is 12.6 Å². The van der Waals surface area contributed by atoms with Gasteiger partial charge in [0.05, 0.1) is 6.61 Å². The van der Waals surface area contributed by atoms with E-state index in [1.165, 1.54) is 35.6 Å². The largest absolute Gasteiger partial charge is 0.395 e. The lowest BCUT2D eigenvalue weighted by Gasteiger charge is -2.22. The summed E-state index contributed by atoms with van der Waals surface area (Å²) in [4.78, 5) is 2.45. The van der Waals surface area contributed by atoms with Gasteiger partial charge < -0.3 is 10.4 Å². The van der Waals surface area contributed by atoms with Crippen LogP contribution in [0.4, 0.5) is 0 Å². The number of benzene rings is 2. The van der Waals surface area contributed by atoms with Crippen molar-refractivity contribution in [3.8, 4) is 0 Å². The minimum Gasteiger partial charge on any atom is -0.395 e. The van der Waals surface area contributed by atoms with Gasteiger partial charge >= 0.3 is 0 Å². The zero-order valence-electron chi connectivity index (χ0n) is 13.9. The monoisotopic (exact) mass is 312 g/mol.